The van der Waals surface area contributed by atoms with E-state index in [2.05, 4.69) is 74.0 Å². The van der Waals surface area contributed by atoms with Crippen LogP contribution in [0, 0.1) is 0 Å². The second-order valence-corrected chi connectivity index (χ2v) is 4.31. The maximum Gasteiger partial charge on any atom is 0.0481 e. The molecule has 1 aliphatic heterocycles. The molecule has 0 aliphatic carbocycles. The van der Waals surface area contributed by atoms with E-state index in [4.69, 9.17) is 0 Å². The van der Waals surface area contributed by atoms with Crippen molar-refractivity contribution in [1.29, 1.82) is 0 Å². The molecule has 0 saturated carbocycles. The Balaban J connectivity index is 2.54. The van der Waals surface area contributed by atoms with Crippen molar-refractivity contribution in [2.45, 2.75) is 13.3 Å². The minimum absolute atomic E-state index is 1.04. The van der Waals surface area contributed by atoms with Crippen molar-refractivity contribution >= 4 is 11.8 Å². The third kappa shape index (κ3) is 2.30. The zero-order chi connectivity index (χ0) is 13.0. The smallest absolute Gasteiger partial charge is 0.0481 e. The average molecular weight is 237 g/mol. The molecule has 1 aliphatic rings. The molecule has 1 heterocycles. The Kier molecular flexibility index (Phi) is 3.83. The molecule has 0 fully saturated rings. The highest BCUT2D eigenvalue weighted by molar-refractivity contribution is 5.75. The summed E-state index contributed by atoms with van der Waals surface area (Å²) in [6, 6.07) is 8.40. The molecule has 0 aromatic heterocycles. The fraction of sp³-hybridized carbons (Fsp3) is 0.176. The molecule has 0 amide bonds. The Morgan fingerprint density at radius 1 is 1.22 bits per heavy atom. The largest absolute Gasteiger partial charge is 0.344 e. The van der Waals surface area contributed by atoms with Crippen LogP contribution in [0.1, 0.15) is 18.9 Å². The van der Waals surface area contributed by atoms with E-state index < -0.39 is 0 Å². The first-order chi connectivity index (χ1) is 8.77. The van der Waals surface area contributed by atoms with E-state index in [0.717, 1.165) is 12.1 Å². The molecule has 0 spiro atoms. The van der Waals surface area contributed by atoms with Crippen molar-refractivity contribution < 1.29 is 0 Å². The molecule has 2 rings (SSSR count). The highest BCUT2D eigenvalue weighted by Gasteiger charge is 2.13. The topological polar surface area (TPSA) is 3.24 Å². The highest BCUT2D eigenvalue weighted by Crippen LogP contribution is 2.29. The number of nitrogens with zero attached hydrogens (tertiary/aromatic N) is 1. The molecule has 0 N–H and O–H groups in total. The number of allylic oxidation sites excluding steroid dienone is 5. The maximum atomic E-state index is 3.94. The maximum absolute atomic E-state index is 3.94. The van der Waals surface area contributed by atoms with E-state index >= 15 is 0 Å². The van der Waals surface area contributed by atoms with Gasteiger partial charge in [-0.05, 0) is 29.7 Å². The first kappa shape index (κ1) is 12.4. The lowest BCUT2D eigenvalue weighted by molar-refractivity contribution is 1.12. The quantitative estimate of drug-likeness (QED) is 0.745. The van der Waals surface area contributed by atoms with Gasteiger partial charge >= 0.3 is 0 Å². The summed E-state index contributed by atoms with van der Waals surface area (Å²) < 4.78 is 0. The molecule has 1 aromatic carbocycles. The van der Waals surface area contributed by atoms with Gasteiger partial charge in [0.05, 0.1) is 0 Å². The predicted octanol–water partition coefficient (Wildman–Crippen LogP) is 4.56. The molecule has 0 atom stereocenters. The van der Waals surface area contributed by atoms with E-state index in [1.54, 1.807) is 0 Å². The molecular weight excluding hydrogens is 218 g/mol. The minimum atomic E-state index is 1.04. The summed E-state index contributed by atoms with van der Waals surface area (Å²) in [5.41, 5.74) is 4.79. The van der Waals surface area contributed by atoms with Gasteiger partial charge in [0, 0.05) is 18.4 Å². The standard InChI is InChI=1S/C17H19N/c1-4-6-9-14-12-13-15-10-7-8-11-17(15)18(3)16(14)5-2/h5-13H,2,4H2,1,3H3/b9-6-. The number of rotatable bonds is 3. The molecule has 0 saturated heterocycles. The van der Waals surface area contributed by atoms with Crippen LogP contribution in [0.4, 0.5) is 5.69 Å². The zero-order valence-electron chi connectivity index (χ0n) is 11.1. The van der Waals surface area contributed by atoms with Gasteiger partial charge in [-0.3, -0.25) is 0 Å². The molecule has 1 nitrogen and oxygen atoms in total. The second-order valence-electron chi connectivity index (χ2n) is 4.31. The Morgan fingerprint density at radius 2 is 2.00 bits per heavy atom. The van der Waals surface area contributed by atoms with E-state index in [1.165, 1.54) is 16.8 Å². The molecular formula is C17H19N. The van der Waals surface area contributed by atoms with E-state index in [0.29, 0.717) is 0 Å². The highest BCUT2D eigenvalue weighted by atomic mass is 15.1. The Morgan fingerprint density at radius 3 is 2.72 bits per heavy atom. The fourth-order valence-electron chi connectivity index (χ4n) is 2.16. The lowest BCUT2D eigenvalue weighted by Gasteiger charge is -2.22. The van der Waals surface area contributed by atoms with Gasteiger partial charge in [0.25, 0.3) is 0 Å². The van der Waals surface area contributed by atoms with Gasteiger partial charge in [0.1, 0.15) is 0 Å². The van der Waals surface area contributed by atoms with Gasteiger partial charge < -0.3 is 4.90 Å². The summed E-state index contributed by atoms with van der Waals surface area (Å²) in [5.74, 6) is 0. The number of hydrogen-bond acceptors (Lipinski definition) is 1. The fourth-order valence-corrected chi connectivity index (χ4v) is 2.16. The van der Waals surface area contributed by atoms with Crippen LogP contribution in [0.5, 0.6) is 0 Å². The summed E-state index contributed by atoms with van der Waals surface area (Å²) in [7, 11) is 2.09. The van der Waals surface area contributed by atoms with Gasteiger partial charge in [0.2, 0.25) is 0 Å². The van der Waals surface area contributed by atoms with Crippen LogP contribution >= 0.6 is 0 Å². The van der Waals surface area contributed by atoms with Crippen molar-refractivity contribution in [3.05, 3.63) is 72.0 Å². The predicted molar refractivity (Wildman–Crippen MR) is 80.5 cm³/mol. The average Bonchev–Trinajstić information content (AvgIpc) is 2.54. The van der Waals surface area contributed by atoms with Crippen LogP contribution < -0.4 is 4.90 Å². The molecule has 0 bridgehead atoms. The van der Waals surface area contributed by atoms with E-state index in [9.17, 15) is 0 Å². The Bertz CT molecular complexity index is 532. The van der Waals surface area contributed by atoms with Crippen molar-refractivity contribution in [3.63, 3.8) is 0 Å². The SMILES string of the molecule is C=CC1=C(/C=C\CC)C=Cc2ccccc2N1C. The summed E-state index contributed by atoms with van der Waals surface area (Å²) >= 11 is 0. The second kappa shape index (κ2) is 5.54. The molecule has 18 heavy (non-hydrogen) atoms. The number of hydrogen-bond donors (Lipinski definition) is 0. The molecule has 0 radical (unpaired) electrons. The third-order valence-electron chi connectivity index (χ3n) is 3.12. The summed E-state index contributed by atoms with van der Waals surface area (Å²) in [4.78, 5) is 2.19. The summed E-state index contributed by atoms with van der Waals surface area (Å²) in [5, 5.41) is 0. The van der Waals surface area contributed by atoms with Crippen molar-refractivity contribution in [2.24, 2.45) is 0 Å². The first-order valence-corrected chi connectivity index (χ1v) is 6.32. The Hall–Kier alpha value is -2.02. The van der Waals surface area contributed by atoms with Crippen molar-refractivity contribution in [2.75, 3.05) is 11.9 Å². The van der Waals surface area contributed by atoms with Crippen LogP contribution in [0.25, 0.3) is 6.08 Å². The van der Waals surface area contributed by atoms with Crippen molar-refractivity contribution in [3.8, 4) is 0 Å². The monoisotopic (exact) mass is 237 g/mol. The number of para-hydroxylation sites is 1. The van der Waals surface area contributed by atoms with Crippen LogP contribution in [-0.4, -0.2) is 7.05 Å². The van der Waals surface area contributed by atoms with Crippen LogP contribution in [0.2, 0.25) is 0 Å². The van der Waals surface area contributed by atoms with Crippen LogP contribution in [0.3, 0.4) is 0 Å². The van der Waals surface area contributed by atoms with Gasteiger partial charge in [-0.25, -0.2) is 0 Å². The minimum Gasteiger partial charge on any atom is -0.344 e. The molecule has 92 valence electrons. The summed E-state index contributed by atoms with van der Waals surface area (Å²) in [6.07, 6.45) is 11.6. The van der Waals surface area contributed by atoms with Crippen LogP contribution in [0.15, 0.2) is 66.4 Å². The van der Waals surface area contributed by atoms with Gasteiger partial charge in [-0.1, -0.05) is 56.0 Å². The first-order valence-electron chi connectivity index (χ1n) is 6.32. The Labute approximate surface area is 109 Å². The van der Waals surface area contributed by atoms with E-state index in [-0.39, 0.29) is 0 Å². The lowest BCUT2D eigenvalue weighted by Crippen LogP contribution is -2.16. The van der Waals surface area contributed by atoms with Gasteiger partial charge in [0.15, 0.2) is 0 Å². The van der Waals surface area contributed by atoms with Crippen LogP contribution in [-0.2, 0) is 0 Å². The number of anilines is 1. The number of likely N-dealkylation sites (N-methyl/N-ethyl adjacent to an activating group) is 1. The number of fused-ring (bicyclic) bond motifs is 1. The third-order valence-corrected chi connectivity index (χ3v) is 3.12. The summed E-state index contributed by atoms with van der Waals surface area (Å²) in [6.45, 7) is 6.08. The van der Waals surface area contributed by atoms with E-state index in [1.807, 2.05) is 6.08 Å². The van der Waals surface area contributed by atoms with Crippen molar-refractivity contribution in [1.82, 2.24) is 0 Å². The molecule has 1 aromatic rings. The molecule has 0 unspecified atom stereocenters. The normalized spacial score (nSPS) is 14.9. The van der Waals surface area contributed by atoms with Gasteiger partial charge in [-0.15, -0.1) is 0 Å². The number of benzene rings is 1. The van der Waals surface area contributed by atoms with Gasteiger partial charge in [-0.2, -0.15) is 0 Å². The molecule has 1 heteroatoms. The zero-order valence-corrected chi connectivity index (χ0v) is 11.1. The lowest BCUT2D eigenvalue weighted by atomic mass is 10.1.